The molecule has 4 nitrogen and oxygen atoms in total. The largest absolute Gasteiger partial charge is 0.493 e. The lowest BCUT2D eigenvalue weighted by molar-refractivity contribution is -0.139. The Balaban J connectivity index is 2.28. The summed E-state index contributed by atoms with van der Waals surface area (Å²) >= 11 is 0. The molecule has 2 N–H and O–H groups in total. The van der Waals surface area contributed by atoms with Crippen LogP contribution >= 0.6 is 0 Å². The van der Waals surface area contributed by atoms with Crippen LogP contribution in [0.15, 0.2) is 18.2 Å². The summed E-state index contributed by atoms with van der Waals surface area (Å²) < 4.78 is 5.38. The van der Waals surface area contributed by atoms with Crippen LogP contribution in [-0.4, -0.2) is 22.8 Å². The molecule has 1 aliphatic heterocycles. The maximum Gasteiger partial charge on any atom is 0.306 e. The minimum atomic E-state index is -1.02. The molecule has 2 rings (SSSR count). The highest BCUT2D eigenvalue weighted by atomic mass is 16.5. The molecule has 0 saturated heterocycles. The van der Waals surface area contributed by atoms with Crippen molar-refractivity contribution in [1.82, 2.24) is 0 Å². The zero-order valence-electron chi connectivity index (χ0n) is 8.14. The minimum Gasteiger partial charge on any atom is -0.493 e. The second-order valence-corrected chi connectivity index (χ2v) is 3.55. The van der Waals surface area contributed by atoms with Gasteiger partial charge in [-0.1, -0.05) is 18.2 Å². The van der Waals surface area contributed by atoms with Gasteiger partial charge < -0.3 is 14.9 Å². The van der Waals surface area contributed by atoms with Gasteiger partial charge in [-0.3, -0.25) is 4.79 Å². The highest BCUT2D eigenvalue weighted by Crippen LogP contribution is 2.34. The standard InChI is InChI=1S/C11H12O4/c12-9(6-10(13)14)8-3-1-2-7-4-5-15-11(7)8/h1-3,9,12H,4-6H2,(H,13,14). The number of rotatable bonds is 3. The lowest BCUT2D eigenvalue weighted by atomic mass is 10.0. The predicted molar refractivity (Wildman–Crippen MR) is 52.9 cm³/mol. The summed E-state index contributed by atoms with van der Waals surface area (Å²) in [6.45, 7) is 0.603. The molecule has 15 heavy (non-hydrogen) atoms. The molecule has 1 aliphatic rings. The number of hydrogen-bond donors (Lipinski definition) is 2. The van der Waals surface area contributed by atoms with Gasteiger partial charge in [0, 0.05) is 12.0 Å². The molecule has 0 aliphatic carbocycles. The molecule has 0 fully saturated rings. The third kappa shape index (κ3) is 1.94. The summed E-state index contributed by atoms with van der Waals surface area (Å²) in [4.78, 5) is 10.5. The third-order valence-corrected chi connectivity index (χ3v) is 2.47. The Kier molecular flexibility index (Phi) is 2.60. The molecule has 1 heterocycles. The summed E-state index contributed by atoms with van der Waals surface area (Å²) in [5, 5.41) is 18.3. The minimum absolute atomic E-state index is 0.292. The fraction of sp³-hybridized carbons (Fsp3) is 0.364. The molecular weight excluding hydrogens is 196 g/mol. The van der Waals surface area contributed by atoms with Crippen LogP contribution in [0.1, 0.15) is 23.7 Å². The molecule has 1 aromatic carbocycles. The fourth-order valence-electron chi connectivity index (χ4n) is 1.78. The maximum absolute atomic E-state index is 10.5. The summed E-state index contributed by atoms with van der Waals surface area (Å²) in [7, 11) is 0. The van der Waals surface area contributed by atoms with Crippen molar-refractivity contribution < 1.29 is 19.7 Å². The van der Waals surface area contributed by atoms with E-state index in [1.54, 1.807) is 6.07 Å². The Labute approximate surface area is 87.1 Å². The zero-order chi connectivity index (χ0) is 10.8. The van der Waals surface area contributed by atoms with E-state index in [9.17, 15) is 9.90 Å². The Morgan fingerprint density at radius 3 is 3.07 bits per heavy atom. The number of aliphatic carboxylic acids is 1. The van der Waals surface area contributed by atoms with E-state index in [4.69, 9.17) is 9.84 Å². The van der Waals surface area contributed by atoms with Gasteiger partial charge in [-0.05, 0) is 5.56 Å². The van der Waals surface area contributed by atoms with E-state index in [2.05, 4.69) is 0 Å². The molecule has 4 heteroatoms. The number of para-hydroxylation sites is 1. The van der Waals surface area contributed by atoms with Crippen molar-refractivity contribution in [2.24, 2.45) is 0 Å². The van der Waals surface area contributed by atoms with E-state index in [0.717, 1.165) is 12.0 Å². The number of carbonyl (C=O) groups is 1. The third-order valence-electron chi connectivity index (χ3n) is 2.47. The molecule has 0 spiro atoms. The molecule has 1 unspecified atom stereocenters. The molecule has 0 bridgehead atoms. The van der Waals surface area contributed by atoms with Crippen molar-refractivity contribution in [3.63, 3.8) is 0 Å². The van der Waals surface area contributed by atoms with Gasteiger partial charge in [0.2, 0.25) is 0 Å². The molecule has 80 valence electrons. The van der Waals surface area contributed by atoms with Gasteiger partial charge in [0.25, 0.3) is 0 Å². The van der Waals surface area contributed by atoms with Gasteiger partial charge in [-0.2, -0.15) is 0 Å². The monoisotopic (exact) mass is 208 g/mol. The van der Waals surface area contributed by atoms with Crippen LogP contribution in [0.5, 0.6) is 5.75 Å². The first-order valence-electron chi connectivity index (χ1n) is 4.83. The van der Waals surface area contributed by atoms with E-state index in [1.807, 2.05) is 12.1 Å². The molecule has 0 saturated carbocycles. The first kappa shape index (κ1) is 9.98. The Morgan fingerprint density at radius 2 is 2.33 bits per heavy atom. The highest BCUT2D eigenvalue weighted by Gasteiger charge is 2.21. The highest BCUT2D eigenvalue weighted by molar-refractivity contribution is 5.68. The zero-order valence-corrected chi connectivity index (χ0v) is 8.14. The number of fused-ring (bicyclic) bond motifs is 1. The predicted octanol–water partition coefficient (Wildman–Crippen LogP) is 1.13. The maximum atomic E-state index is 10.5. The summed E-state index contributed by atoms with van der Waals surface area (Å²) in [5.41, 5.74) is 1.62. The average molecular weight is 208 g/mol. The average Bonchev–Trinajstić information content (AvgIpc) is 2.63. The number of aliphatic hydroxyl groups is 1. The van der Waals surface area contributed by atoms with Crippen LogP contribution in [0.2, 0.25) is 0 Å². The first-order chi connectivity index (χ1) is 7.18. The molecule has 1 aromatic rings. The number of ether oxygens (including phenoxy) is 1. The van der Waals surface area contributed by atoms with E-state index >= 15 is 0 Å². The van der Waals surface area contributed by atoms with Gasteiger partial charge in [-0.25, -0.2) is 0 Å². The molecule has 1 atom stereocenters. The van der Waals surface area contributed by atoms with Crippen molar-refractivity contribution in [1.29, 1.82) is 0 Å². The fourth-order valence-corrected chi connectivity index (χ4v) is 1.78. The Morgan fingerprint density at radius 1 is 1.53 bits per heavy atom. The normalized spacial score (nSPS) is 15.5. The van der Waals surface area contributed by atoms with Crippen LogP contribution in [0.4, 0.5) is 0 Å². The van der Waals surface area contributed by atoms with Crippen molar-refractivity contribution >= 4 is 5.97 Å². The van der Waals surface area contributed by atoms with Crippen LogP contribution < -0.4 is 4.74 Å². The van der Waals surface area contributed by atoms with Crippen LogP contribution in [-0.2, 0) is 11.2 Å². The summed E-state index contributed by atoms with van der Waals surface area (Å²) in [5.74, 6) is -0.357. The second-order valence-electron chi connectivity index (χ2n) is 3.55. The topological polar surface area (TPSA) is 66.8 Å². The summed E-state index contributed by atoms with van der Waals surface area (Å²) in [6.07, 6.45) is -0.460. The second kappa shape index (κ2) is 3.90. The van der Waals surface area contributed by atoms with Crippen molar-refractivity contribution in [2.75, 3.05) is 6.61 Å². The SMILES string of the molecule is O=C(O)CC(O)c1cccc2c1OCC2. The van der Waals surface area contributed by atoms with Crippen molar-refractivity contribution in [2.45, 2.75) is 18.9 Å². The molecule has 0 aromatic heterocycles. The summed E-state index contributed by atoms with van der Waals surface area (Å²) in [6, 6.07) is 5.45. The quantitative estimate of drug-likeness (QED) is 0.781. The van der Waals surface area contributed by atoms with Crippen LogP contribution in [0, 0.1) is 0 Å². The lowest BCUT2D eigenvalue weighted by Crippen LogP contribution is -2.06. The van der Waals surface area contributed by atoms with Crippen LogP contribution in [0.25, 0.3) is 0 Å². The van der Waals surface area contributed by atoms with Crippen molar-refractivity contribution in [3.05, 3.63) is 29.3 Å². The molecule has 0 radical (unpaired) electrons. The van der Waals surface area contributed by atoms with Gasteiger partial charge in [-0.15, -0.1) is 0 Å². The number of carboxylic acid groups (broad SMARTS) is 1. The number of carboxylic acids is 1. The number of aliphatic hydroxyl groups excluding tert-OH is 1. The number of benzene rings is 1. The van der Waals surface area contributed by atoms with Gasteiger partial charge >= 0.3 is 5.97 Å². The van der Waals surface area contributed by atoms with E-state index < -0.39 is 12.1 Å². The van der Waals surface area contributed by atoms with Gasteiger partial charge in [0.1, 0.15) is 5.75 Å². The van der Waals surface area contributed by atoms with Gasteiger partial charge in [0.05, 0.1) is 19.1 Å². The Hall–Kier alpha value is -1.55. The van der Waals surface area contributed by atoms with E-state index in [0.29, 0.717) is 17.9 Å². The number of hydrogen-bond acceptors (Lipinski definition) is 3. The van der Waals surface area contributed by atoms with Crippen molar-refractivity contribution in [3.8, 4) is 5.75 Å². The van der Waals surface area contributed by atoms with Crippen LogP contribution in [0.3, 0.4) is 0 Å². The molecular formula is C11H12O4. The smallest absolute Gasteiger partial charge is 0.306 e. The molecule has 0 amide bonds. The first-order valence-corrected chi connectivity index (χ1v) is 4.83. The lowest BCUT2D eigenvalue weighted by Gasteiger charge is -2.12. The van der Waals surface area contributed by atoms with E-state index in [1.165, 1.54) is 0 Å². The Bertz CT molecular complexity index is 386. The van der Waals surface area contributed by atoms with Gasteiger partial charge in [0.15, 0.2) is 0 Å². The van der Waals surface area contributed by atoms with E-state index in [-0.39, 0.29) is 6.42 Å².